The predicted molar refractivity (Wildman–Crippen MR) is 113 cm³/mol. The van der Waals surface area contributed by atoms with Crippen LogP contribution in [0.2, 0.25) is 0 Å². The molecular weight excluding hydrogens is 348 g/mol. The standard InChI is InChI=1S/C24H28N2O2/c1-25-15-6-5-7-19(25)14-16-26-17-22(21-8-3-4-9-23(21)26)24(27)18-10-12-20(28-2)13-11-18/h3-4,8-13,17,19H,5-7,14-16H2,1-2H3. The molecule has 2 heterocycles. The van der Waals surface area contributed by atoms with E-state index >= 15 is 0 Å². The molecule has 1 saturated heterocycles. The number of ketones is 1. The monoisotopic (exact) mass is 376 g/mol. The first kappa shape index (κ1) is 18.8. The molecule has 1 aromatic heterocycles. The number of para-hydroxylation sites is 1. The first-order valence-corrected chi connectivity index (χ1v) is 10.1. The third-order valence-corrected chi connectivity index (χ3v) is 6.01. The second-order valence-electron chi connectivity index (χ2n) is 7.73. The number of methoxy groups -OCH3 is 1. The SMILES string of the molecule is COc1ccc(C(=O)c2cn(CCC3CCCCN3C)c3ccccc23)cc1. The second kappa shape index (κ2) is 8.19. The van der Waals surface area contributed by atoms with Crippen LogP contribution < -0.4 is 4.74 Å². The summed E-state index contributed by atoms with van der Waals surface area (Å²) in [6.45, 7) is 2.13. The van der Waals surface area contributed by atoms with Crippen molar-refractivity contribution >= 4 is 16.7 Å². The van der Waals surface area contributed by atoms with E-state index in [1.165, 1.54) is 25.8 Å². The maximum absolute atomic E-state index is 13.2. The molecule has 0 radical (unpaired) electrons. The van der Waals surface area contributed by atoms with Gasteiger partial charge in [-0.1, -0.05) is 24.6 Å². The van der Waals surface area contributed by atoms with E-state index in [-0.39, 0.29) is 5.78 Å². The van der Waals surface area contributed by atoms with E-state index in [1.807, 2.05) is 42.6 Å². The molecule has 0 spiro atoms. The lowest BCUT2D eigenvalue weighted by atomic mass is 10.0. The van der Waals surface area contributed by atoms with Gasteiger partial charge in [-0.3, -0.25) is 4.79 Å². The molecule has 1 atom stereocenters. The third-order valence-electron chi connectivity index (χ3n) is 6.01. The number of piperidine rings is 1. The Morgan fingerprint density at radius 1 is 1.11 bits per heavy atom. The van der Waals surface area contributed by atoms with Crippen molar-refractivity contribution < 1.29 is 9.53 Å². The largest absolute Gasteiger partial charge is 0.497 e. The van der Waals surface area contributed by atoms with Gasteiger partial charge in [-0.2, -0.15) is 0 Å². The number of likely N-dealkylation sites (tertiary alicyclic amines) is 1. The number of aromatic nitrogens is 1. The number of hydrogen-bond acceptors (Lipinski definition) is 3. The lowest BCUT2D eigenvalue weighted by molar-refractivity contribution is 0.104. The Kier molecular flexibility index (Phi) is 5.49. The minimum absolute atomic E-state index is 0.0624. The summed E-state index contributed by atoms with van der Waals surface area (Å²) in [5, 5.41) is 1.03. The lowest BCUT2D eigenvalue weighted by Gasteiger charge is -2.32. The van der Waals surface area contributed by atoms with Crippen molar-refractivity contribution in [2.24, 2.45) is 0 Å². The van der Waals surface area contributed by atoms with E-state index in [0.29, 0.717) is 11.6 Å². The summed E-state index contributed by atoms with van der Waals surface area (Å²) in [6.07, 6.45) is 7.06. The van der Waals surface area contributed by atoms with Gasteiger partial charge in [-0.25, -0.2) is 0 Å². The molecule has 146 valence electrons. The fourth-order valence-corrected chi connectivity index (χ4v) is 4.31. The zero-order valence-electron chi connectivity index (χ0n) is 16.7. The molecule has 0 saturated carbocycles. The molecule has 0 N–H and O–H groups in total. The molecule has 28 heavy (non-hydrogen) atoms. The molecule has 1 aliphatic heterocycles. The number of fused-ring (bicyclic) bond motifs is 1. The van der Waals surface area contributed by atoms with E-state index in [4.69, 9.17) is 4.74 Å². The number of hydrogen-bond donors (Lipinski definition) is 0. The topological polar surface area (TPSA) is 34.5 Å². The Morgan fingerprint density at radius 2 is 1.89 bits per heavy atom. The summed E-state index contributed by atoms with van der Waals surface area (Å²) in [5.41, 5.74) is 2.60. The summed E-state index contributed by atoms with van der Waals surface area (Å²) >= 11 is 0. The average Bonchev–Trinajstić information content (AvgIpc) is 3.11. The van der Waals surface area contributed by atoms with Gasteiger partial charge < -0.3 is 14.2 Å². The molecule has 4 nitrogen and oxygen atoms in total. The zero-order chi connectivity index (χ0) is 19.5. The Balaban J connectivity index is 1.61. The average molecular weight is 376 g/mol. The van der Waals surface area contributed by atoms with Gasteiger partial charge in [0, 0.05) is 40.8 Å². The van der Waals surface area contributed by atoms with Crippen LogP contribution in [0, 0.1) is 0 Å². The van der Waals surface area contributed by atoms with Crippen molar-refractivity contribution in [2.45, 2.75) is 38.3 Å². The molecular formula is C24H28N2O2. The minimum Gasteiger partial charge on any atom is -0.497 e. The van der Waals surface area contributed by atoms with Gasteiger partial charge in [0.25, 0.3) is 0 Å². The van der Waals surface area contributed by atoms with E-state index in [0.717, 1.165) is 35.2 Å². The fraction of sp³-hybridized carbons (Fsp3) is 0.375. The summed E-state index contributed by atoms with van der Waals surface area (Å²) < 4.78 is 7.47. The van der Waals surface area contributed by atoms with Gasteiger partial charge in [-0.15, -0.1) is 0 Å². The number of carbonyl (C=O) groups excluding carboxylic acids is 1. The van der Waals surface area contributed by atoms with Crippen LogP contribution in [0.5, 0.6) is 5.75 Å². The van der Waals surface area contributed by atoms with Crippen LogP contribution in [0.1, 0.15) is 41.6 Å². The number of carbonyl (C=O) groups is 1. The van der Waals surface area contributed by atoms with E-state index in [9.17, 15) is 4.79 Å². The van der Waals surface area contributed by atoms with Crippen LogP contribution in [0.15, 0.2) is 54.7 Å². The third kappa shape index (κ3) is 3.69. The maximum Gasteiger partial charge on any atom is 0.195 e. The van der Waals surface area contributed by atoms with E-state index in [2.05, 4.69) is 28.6 Å². The Bertz CT molecular complexity index is 958. The molecule has 0 bridgehead atoms. The fourth-order valence-electron chi connectivity index (χ4n) is 4.31. The Morgan fingerprint density at radius 3 is 2.64 bits per heavy atom. The second-order valence-corrected chi connectivity index (χ2v) is 7.73. The zero-order valence-corrected chi connectivity index (χ0v) is 16.7. The highest BCUT2D eigenvalue weighted by molar-refractivity contribution is 6.16. The van der Waals surface area contributed by atoms with Gasteiger partial charge in [0.15, 0.2) is 5.78 Å². The van der Waals surface area contributed by atoms with Crippen molar-refractivity contribution in [3.63, 3.8) is 0 Å². The van der Waals surface area contributed by atoms with Crippen molar-refractivity contribution in [1.82, 2.24) is 9.47 Å². The summed E-state index contributed by atoms with van der Waals surface area (Å²) in [6, 6.07) is 16.2. The summed E-state index contributed by atoms with van der Waals surface area (Å²) in [5.74, 6) is 0.822. The quantitative estimate of drug-likeness (QED) is 0.582. The summed E-state index contributed by atoms with van der Waals surface area (Å²) in [7, 11) is 3.87. The predicted octanol–water partition coefficient (Wildman–Crippen LogP) is 4.76. The highest BCUT2D eigenvalue weighted by atomic mass is 16.5. The van der Waals surface area contributed by atoms with Crippen LogP contribution in [0.3, 0.4) is 0 Å². The number of rotatable bonds is 6. The number of benzene rings is 2. The van der Waals surface area contributed by atoms with Crippen molar-refractivity contribution in [3.05, 3.63) is 65.9 Å². The van der Waals surface area contributed by atoms with Gasteiger partial charge in [0.05, 0.1) is 7.11 Å². The van der Waals surface area contributed by atoms with Gasteiger partial charge in [0.1, 0.15) is 5.75 Å². The molecule has 1 fully saturated rings. The maximum atomic E-state index is 13.2. The Labute approximate surface area is 166 Å². The van der Waals surface area contributed by atoms with Crippen LogP contribution in [0.4, 0.5) is 0 Å². The van der Waals surface area contributed by atoms with E-state index < -0.39 is 0 Å². The number of nitrogens with zero attached hydrogens (tertiary/aromatic N) is 2. The molecule has 4 rings (SSSR count). The molecule has 4 heteroatoms. The van der Waals surface area contributed by atoms with Crippen LogP contribution in [-0.4, -0.2) is 42.0 Å². The summed E-state index contributed by atoms with van der Waals surface area (Å²) in [4.78, 5) is 15.7. The van der Waals surface area contributed by atoms with Crippen molar-refractivity contribution in [1.29, 1.82) is 0 Å². The lowest BCUT2D eigenvalue weighted by Crippen LogP contribution is -2.36. The van der Waals surface area contributed by atoms with Crippen LogP contribution in [0.25, 0.3) is 10.9 Å². The van der Waals surface area contributed by atoms with Crippen molar-refractivity contribution in [2.75, 3.05) is 20.7 Å². The molecule has 0 aliphatic carbocycles. The molecule has 1 aliphatic rings. The minimum atomic E-state index is 0.0624. The van der Waals surface area contributed by atoms with Gasteiger partial charge >= 0.3 is 0 Å². The molecule has 0 amide bonds. The number of aryl methyl sites for hydroxylation is 1. The normalized spacial score (nSPS) is 17.7. The van der Waals surface area contributed by atoms with Gasteiger partial charge in [0.2, 0.25) is 0 Å². The first-order valence-electron chi connectivity index (χ1n) is 10.1. The van der Waals surface area contributed by atoms with Crippen molar-refractivity contribution in [3.8, 4) is 5.75 Å². The van der Waals surface area contributed by atoms with Crippen LogP contribution in [-0.2, 0) is 6.54 Å². The van der Waals surface area contributed by atoms with Gasteiger partial charge in [-0.05, 0) is 63.2 Å². The first-order chi connectivity index (χ1) is 13.7. The highest BCUT2D eigenvalue weighted by Gasteiger charge is 2.20. The molecule has 3 aromatic rings. The molecule has 1 unspecified atom stereocenters. The number of ether oxygens (including phenoxy) is 1. The smallest absolute Gasteiger partial charge is 0.195 e. The Hall–Kier alpha value is -2.59. The van der Waals surface area contributed by atoms with Crippen LogP contribution >= 0.6 is 0 Å². The van der Waals surface area contributed by atoms with E-state index in [1.54, 1.807) is 7.11 Å². The molecule has 2 aromatic carbocycles. The highest BCUT2D eigenvalue weighted by Crippen LogP contribution is 2.26.